The number of nitrogen functional groups attached to an aromatic ring is 1. The van der Waals surface area contributed by atoms with Crippen LogP contribution in [0.2, 0.25) is 5.02 Å². The molecule has 7 nitrogen and oxygen atoms in total. The van der Waals surface area contributed by atoms with E-state index in [2.05, 4.69) is 25.6 Å². The summed E-state index contributed by atoms with van der Waals surface area (Å²) in [6.07, 6.45) is 1.32. The number of aromatic nitrogens is 3. The first-order chi connectivity index (χ1) is 15.9. The summed E-state index contributed by atoms with van der Waals surface area (Å²) in [6.45, 7) is 1.96. The van der Waals surface area contributed by atoms with E-state index in [9.17, 15) is 9.18 Å². The molecule has 0 atom stereocenters. The van der Waals surface area contributed by atoms with Crippen molar-refractivity contribution in [1.29, 1.82) is 0 Å². The van der Waals surface area contributed by atoms with Crippen molar-refractivity contribution >= 4 is 73.0 Å². The number of benzene rings is 2. The predicted molar refractivity (Wildman–Crippen MR) is 131 cm³/mol. The lowest BCUT2D eigenvalue weighted by Gasteiger charge is -2.13. The summed E-state index contributed by atoms with van der Waals surface area (Å²) in [5, 5.41) is 9.08. The lowest BCUT2D eigenvalue weighted by Crippen LogP contribution is -2.13. The highest BCUT2D eigenvalue weighted by atomic mass is 35.5. The number of fused-ring (bicyclic) bond motifs is 2. The van der Waals surface area contributed by atoms with Gasteiger partial charge in [-0.1, -0.05) is 41.4 Å². The fourth-order valence-electron chi connectivity index (χ4n) is 3.48. The van der Waals surface area contributed by atoms with Crippen LogP contribution in [0.25, 0.3) is 21.0 Å². The number of nitrogens with two attached hydrogens (primary N) is 1. The Labute approximate surface area is 196 Å². The molecule has 0 bridgehead atoms. The number of halogens is 2. The second-order valence-electron chi connectivity index (χ2n) is 7.35. The molecule has 0 radical (unpaired) electrons. The van der Waals surface area contributed by atoms with E-state index in [-0.39, 0.29) is 10.7 Å². The van der Waals surface area contributed by atoms with Crippen molar-refractivity contribution in [3.63, 3.8) is 0 Å². The van der Waals surface area contributed by atoms with Crippen molar-refractivity contribution in [1.82, 2.24) is 15.0 Å². The van der Waals surface area contributed by atoms with Gasteiger partial charge in [-0.15, -0.1) is 11.3 Å². The predicted octanol–water partition coefficient (Wildman–Crippen LogP) is 5.92. The number of carbonyl (C=O) groups excluding carboxylic acids is 1. The summed E-state index contributed by atoms with van der Waals surface area (Å²) in [7, 11) is 0. The van der Waals surface area contributed by atoms with Gasteiger partial charge in [0.05, 0.1) is 26.5 Å². The van der Waals surface area contributed by atoms with Crippen LogP contribution >= 0.6 is 22.9 Å². The van der Waals surface area contributed by atoms with Crippen molar-refractivity contribution in [3.05, 3.63) is 76.1 Å². The summed E-state index contributed by atoms with van der Waals surface area (Å²) in [5.74, 6) is 0.0185. The van der Waals surface area contributed by atoms with Crippen molar-refractivity contribution in [2.45, 2.75) is 6.92 Å². The molecule has 0 spiro atoms. The number of nitrogens with one attached hydrogen (secondary N) is 2. The SMILES string of the molecule is Cc1ccc2c(Nc3cccc(Cl)c3F)nc(NC(=O)c3csc4c(N)ncnc34)cc2c1. The average Bonchev–Trinajstić information content (AvgIpc) is 3.22. The Morgan fingerprint density at radius 1 is 1.18 bits per heavy atom. The number of anilines is 4. The molecule has 0 aliphatic rings. The highest BCUT2D eigenvalue weighted by Gasteiger charge is 2.17. The van der Waals surface area contributed by atoms with E-state index < -0.39 is 11.7 Å². The molecule has 10 heteroatoms. The van der Waals surface area contributed by atoms with Gasteiger partial charge in [-0.2, -0.15) is 0 Å². The first kappa shape index (κ1) is 21.0. The minimum atomic E-state index is -0.585. The highest BCUT2D eigenvalue weighted by molar-refractivity contribution is 7.18. The highest BCUT2D eigenvalue weighted by Crippen LogP contribution is 2.32. The monoisotopic (exact) mass is 478 g/mol. The van der Waals surface area contributed by atoms with Crippen LogP contribution in [-0.4, -0.2) is 20.9 Å². The molecule has 164 valence electrons. The number of hydrogen-bond donors (Lipinski definition) is 3. The summed E-state index contributed by atoms with van der Waals surface area (Å²) < 4.78 is 15.2. The van der Waals surface area contributed by atoms with E-state index in [4.69, 9.17) is 17.3 Å². The number of rotatable bonds is 4. The van der Waals surface area contributed by atoms with E-state index in [1.54, 1.807) is 23.6 Å². The van der Waals surface area contributed by atoms with Gasteiger partial charge in [0.2, 0.25) is 0 Å². The van der Waals surface area contributed by atoms with Crippen molar-refractivity contribution < 1.29 is 9.18 Å². The largest absolute Gasteiger partial charge is 0.382 e. The molecule has 0 aliphatic carbocycles. The van der Waals surface area contributed by atoms with Crippen molar-refractivity contribution in [2.75, 3.05) is 16.4 Å². The number of aryl methyl sites for hydroxylation is 1. The molecule has 3 aromatic heterocycles. The number of hydrogen-bond acceptors (Lipinski definition) is 7. The van der Waals surface area contributed by atoms with Gasteiger partial charge in [-0.3, -0.25) is 4.79 Å². The van der Waals surface area contributed by atoms with Crippen LogP contribution in [0.4, 0.5) is 27.5 Å². The van der Waals surface area contributed by atoms with Gasteiger partial charge >= 0.3 is 0 Å². The molecular formula is C23H16ClFN6OS. The number of carbonyl (C=O) groups is 1. The Hall–Kier alpha value is -3.82. The standard InChI is InChI=1S/C23H16ClFN6OS/c1-11-5-6-13-12(7-11)8-17(30-22(13)29-16-4-2-3-15(24)18(16)25)31-23(32)14-9-33-20-19(14)27-10-28-21(20)26/h2-10H,1H3,(H2,26,27,28)(H2,29,30,31,32). The lowest BCUT2D eigenvalue weighted by atomic mass is 10.1. The van der Waals surface area contributed by atoms with Gasteiger partial charge in [0, 0.05) is 10.8 Å². The van der Waals surface area contributed by atoms with Gasteiger partial charge in [0.25, 0.3) is 5.91 Å². The van der Waals surface area contributed by atoms with Crippen LogP contribution in [0.5, 0.6) is 0 Å². The quantitative estimate of drug-likeness (QED) is 0.296. The molecule has 33 heavy (non-hydrogen) atoms. The Morgan fingerprint density at radius 2 is 2.03 bits per heavy atom. The fourth-order valence-corrected chi connectivity index (χ4v) is 4.56. The van der Waals surface area contributed by atoms with Crippen molar-refractivity contribution in [2.24, 2.45) is 0 Å². The molecule has 0 unspecified atom stereocenters. The maximum absolute atomic E-state index is 14.5. The number of thiophene rings is 1. The second-order valence-corrected chi connectivity index (χ2v) is 8.63. The maximum atomic E-state index is 14.5. The zero-order chi connectivity index (χ0) is 23.1. The molecular weight excluding hydrogens is 463 g/mol. The van der Waals surface area contributed by atoms with Crippen LogP contribution in [0.15, 0.2) is 54.2 Å². The number of amides is 1. The molecule has 0 saturated heterocycles. The first-order valence-electron chi connectivity index (χ1n) is 9.82. The zero-order valence-corrected chi connectivity index (χ0v) is 18.8. The van der Waals surface area contributed by atoms with Crippen LogP contribution in [0.3, 0.4) is 0 Å². The average molecular weight is 479 g/mol. The molecule has 5 aromatic rings. The van der Waals surface area contributed by atoms with Gasteiger partial charge in [-0.25, -0.2) is 19.3 Å². The minimum absolute atomic E-state index is 0.00444. The van der Waals surface area contributed by atoms with Gasteiger partial charge in [-0.05, 0) is 30.5 Å². The third-order valence-corrected chi connectivity index (χ3v) is 6.34. The van der Waals surface area contributed by atoms with Crippen LogP contribution < -0.4 is 16.4 Å². The van der Waals surface area contributed by atoms with Crippen LogP contribution in [0, 0.1) is 12.7 Å². The number of nitrogens with zero attached hydrogens (tertiary/aromatic N) is 3. The van der Waals surface area contributed by atoms with E-state index in [0.29, 0.717) is 33.2 Å². The fraction of sp³-hybridized carbons (Fsp3) is 0.0435. The number of pyridine rings is 1. The van der Waals surface area contributed by atoms with Gasteiger partial charge < -0.3 is 16.4 Å². The molecule has 2 aromatic carbocycles. The lowest BCUT2D eigenvalue weighted by molar-refractivity contribution is 0.102. The summed E-state index contributed by atoms with van der Waals surface area (Å²) in [5.41, 5.74) is 7.93. The normalized spacial score (nSPS) is 11.1. The molecule has 5 rings (SSSR count). The van der Waals surface area contributed by atoms with E-state index in [1.807, 2.05) is 25.1 Å². The van der Waals surface area contributed by atoms with E-state index >= 15 is 0 Å². The summed E-state index contributed by atoms with van der Waals surface area (Å²) in [6, 6.07) is 12.2. The van der Waals surface area contributed by atoms with Crippen molar-refractivity contribution in [3.8, 4) is 0 Å². The zero-order valence-electron chi connectivity index (χ0n) is 17.2. The first-order valence-corrected chi connectivity index (χ1v) is 11.1. The summed E-state index contributed by atoms with van der Waals surface area (Å²) in [4.78, 5) is 25.7. The molecule has 0 fully saturated rings. The van der Waals surface area contributed by atoms with E-state index in [0.717, 1.165) is 16.3 Å². The Kier molecular flexibility index (Phi) is 5.27. The topological polar surface area (TPSA) is 106 Å². The van der Waals surface area contributed by atoms with Crippen LogP contribution in [-0.2, 0) is 0 Å². The molecule has 0 aliphatic heterocycles. The second kappa shape index (κ2) is 8.27. The van der Waals surface area contributed by atoms with E-state index in [1.165, 1.54) is 23.7 Å². The maximum Gasteiger partial charge on any atom is 0.259 e. The minimum Gasteiger partial charge on any atom is -0.382 e. The Morgan fingerprint density at radius 3 is 2.88 bits per heavy atom. The molecule has 0 saturated carbocycles. The Bertz CT molecular complexity index is 1550. The van der Waals surface area contributed by atoms with Gasteiger partial charge in [0.1, 0.15) is 23.8 Å². The van der Waals surface area contributed by atoms with Gasteiger partial charge in [0.15, 0.2) is 5.82 Å². The summed E-state index contributed by atoms with van der Waals surface area (Å²) >= 11 is 7.22. The third kappa shape index (κ3) is 3.92. The molecule has 4 N–H and O–H groups in total. The molecule has 3 heterocycles. The smallest absolute Gasteiger partial charge is 0.259 e. The van der Waals surface area contributed by atoms with Crippen LogP contribution in [0.1, 0.15) is 15.9 Å². The Balaban J connectivity index is 1.56. The molecule has 1 amide bonds. The third-order valence-electron chi connectivity index (χ3n) is 5.06.